The van der Waals surface area contributed by atoms with Gasteiger partial charge in [0.15, 0.2) is 0 Å². The molecule has 110 valence electrons. The van der Waals surface area contributed by atoms with Gasteiger partial charge in [-0.1, -0.05) is 6.07 Å². The van der Waals surface area contributed by atoms with E-state index in [9.17, 15) is 4.79 Å². The van der Waals surface area contributed by atoms with Crippen LogP contribution in [0.1, 0.15) is 28.7 Å². The van der Waals surface area contributed by atoms with Gasteiger partial charge in [0, 0.05) is 25.5 Å². The summed E-state index contributed by atoms with van der Waals surface area (Å²) >= 11 is 0. The Morgan fingerprint density at radius 3 is 2.81 bits per heavy atom. The third kappa shape index (κ3) is 3.56. The Morgan fingerprint density at radius 2 is 2.14 bits per heavy atom. The second kappa shape index (κ2) is 6.83. The minimum absolute atomic E-state index is 0.0208. The maximum Gasteiger partial charge on any atom is 0.256 e. The lowest BCUT2D eigenvalue weighted by Crippen LogP contribution is -2.31. The lowest BCUT2D eigenvalue weighted by molar-refractivity contribution is 0.0751. The van der Waals surface area contributed by atoms with Crippen molar-refractivity contribution in [3.05, 3.63) is 53.6 Å². The van der Waals surface area contributed by atoms with Gasteiger partial charge in [-0.2, -0.15) is 0 Å². The minimum atomic E-state index is -0.0208. The summed E-state index contributed by atoms with van der Waals surface area (Å²) in [4.78, 5) is 22.9. The average Bonchev–Trinajstić information content (AvgIpc) is 2.52. The molecule has 2 aromatic heterocycles. The Hall–Kier alpha value is -2.43. The maximum atomic E-state index is 12.7. The van der Waals surface area contributed by atoms with Crippen LogP contribution < -0.4 is 5.32 Å². The molecule has 2 heterocycles. The highest BCUT2D eigenvalue weighted by atomic mass is 16.2. The van der Waals surface area contributed by atoms with Gasteiger partial charge in [-0.3, -0.25) is 14.8 Å². The Bertz CT molecular complexity index is 627. The van der Waals surface area contributed by atoms with Crippen LogP contribution in [-0.2, 0) is 6.54 Å². The predicted molar refractivity (Wildman–Crippen MR) is 83.2 cm³/mol. The molecular weight excluding hydrogens is 264 g/mol. The predicted octanol–water partition coefficient (Wildman–Crippen LogP) is 2.49. The third-order valence-corrected chi connectivity index (χ3v) is 3.29. The van der Waals surface area contributed by atoms with Crippen molar-refractivity contribution in [3.8, 4) is 0 Å². The molecule has 0 aromatic carbocycles. The smallest absolute Gasteiger partial charge is 0.256 e. The highest BCUT2D eigenvalue weighted by molar-refractivity contribution is 5.99. The molecule has 1 amide bonds. The summed E-state index contributed by atoms with van der Waals surface area (Å²) < 4.78 is 0. The minimum Gasteiger partial charge on any atom is -0.386 e. The highest BCUT2D eigenvalue weighted by Gasteiger charge is 2.18. The number of amides is 1. The average molecular weight is 284 g/mol. The molecule has 0 bridgehead atoms. The molecule has 5 nitrogen and oxygen atoms in total. The molecule has 0 atom stereocenters. The number of nitrogens with one attached hydrogen (secondary N) is 1. The molecule has 0 radical (unpaired) electrons. The normalized spacial score (nSPS) is 10.2. The molecule has 0 aliphatic rings. The summed E-state index contributed by atoms with van der Waals surface area (Å²) in [6.07, 6.45) is 3.29. The fourth-order valence-corrected chi connectivity index (χ4v) is 2.16. The van der Waals surface area contributed by atoms with Crippen molar-refractivity contribution in [2.45, 2.75) is 20.4 Å². The second-order valence-electron chi connectivity index (χ2n) is 4.76. The van der Waals surface area contributed by atoms with Gasteiger partial charge in [0.2, 0.25) is 0 Å². The first kappa shape index (κ1) is 15.0. The number of aryl methyl sites for hydroxylation is 1. The zero-order chi connectivity index (χ0) is 15.2. The van der Waals surface area contributed by atoms with E-state index in [1.54, 1.807) is 30.4 Å². The number of rotatable bonds is 5. The fraction of sp³-hybridized carbons (Fsp3) is 0.312. The number of aromatic nitrogens is 2. The summed E-state index contributed by atoms with van der Waals surface area (Å²) in [6, 6.07) is 7.58. The van der Waals surface area contributed by atoms with Crippen molar-refractivity contribution < 1.29 is 4.79 Å². The van der Waals surface area contributed by atoms with Crippen molar-refractivity contribution in [1.82, 2.24) is 14.9 Å². The number of carbonyl (C=O) groups is 1. The van der Waals surface area contributed by atoms with Crippen molar-refractivity contribution in [3.63, 3.8) is 0 Å². The molecule has 0 fully saturated rings. The number of nitrogens with zero attached hydrogens (tertiary/aromatic N) is 3. The molecular formula is C16H20N4O. The molecule has 5 heteroatoms. The van der Waals surface area contributed by atoms with E-state index in [2.05, 4.69) is 15.3 Å². The van der Waals surface area contributed by atoms with E-state index >= 15 is 0 Å². The zero-order valence-electron chi connectivity index (χ0n) is 12.6. The van der Waals surface area contributed by atoms with Gasteiger partial charge in [-0.05, 0) is 32.0 Å². The van der Waals surface area contributed by atoms with Crippen LogP contribution in [0.15, 0.2) is 36.7 Å². The molecule has 0 saturated heterocycles. The largest absolute Gasteiger partial charge is 0.386 e. The Balaban J connectivity index is 2.22. The molecule has 0 aliphatic carbocycles. The lowest BCUT2D eigenvalue weighted by Gasteiger charge is -2.22. The Morgan fingerprint density at radius 1 is 1.33 bits per heavy atom. The van der Waals surface area contributed by atoms with Crippen LogP contribution in [0.3, 0.4) is 0 Å². The van der Waals surface area contributed by atoms with E-state index in [0.29, 0.717) is 18.7 Å². The summed E-state index contributed by atoms with van der Waals surface area (Å²) in [5.74, 6) is -0.0208. The number of hydrogen-bond acceptors (Lipinski definition) is 4. The molecule has 0 spiro atoms. The van der Waals surface area contributed by atoms with E-state index < -0.39 is 0 Å². The van der Waals surface area contributed by atoms with Crippen molar-refractivity contribution in [1.29, 1.82) is 0 Å². The van der Waals surface area contributed by atoms with E-state index in [-0.39, 0.29) is 5.91 Å². The molecule has 1 N–H and O–H groups in total. The standard InChI is InChI=1S/C16H20N4O/c1-4-20(11-13-7-5-6-12(2)19-13)16(21)14-8-9-18-10-15(14)17-3/h5-10,17H,4,11H2,1-3H3. The van der Waals surface area contributed by atoms with E-state index in [1.807, 2.05) is 32.0 Å². The second-order valence-corrected chi connectivity index (χ2v) is 4.76. The Kier molecular flexibility index (Phi) is 4.87. The van der Waals surface area contributed by atoms with Crippen LogP contribution >= 0.6 is 0 Å². The number of anilines is 1. The SMILES string of the molecule is CCN(Cc1cccc(C)n1)C(=O)c1ccncc1NC. The monoisotopic (exact) mass is 284 g/mol. The lowest BCUT2D eigenvalue weighted by atomic mass is 10.2. The van der Waals surface area contributed by atoms with E-state index in [0.717, 1.165) is 17.1 Å². The fourth-order valence-electron chi connectivity index (χ4n) is 2.16. The zero-order valence-corrected chi connectivity index (χ0v) is 12.6. The highest BCUT2D eigenvalue weighted by Crippen LogP contribution is 2.16. The van der Waals surface area contributed by atoms with Crippen molar-refractivity contribution in [2.24, 2.45) is 0 Å². The quantitative estimate of drug-likeness (QED) is 0.916. The summed E-state index contributed by atoms with van der Waals surface area (Å²) in [6.45, 7) is 5.04. The topological polar surface area (TPSA) is 58.1 Å². The molecule has 2 rings (SSSR count). The third-order valence-electron chi connectivity index (χ3n) is 3.29. The summed E-state index contributed by atoms with van der Waals surface area (Å²) in [7, 11) is 1.78. The first-order valence-corrected chi connectivity index (χ1v) is 6.99. The van der Waals surface area contributed by atoms with E-state index in [1.165, 1.54) is 0 Å². The number of carbonyl (C=O) groups excluding carboxylic acids is 1. The summed E-state index contributed by atoms with van der Waals surface area (Å²) in [5.41, 5.74) is 3.21. The first-order valence-electron chi connectivity index (χ1n) is 6.99. The summed E-state index contributed by atoms with van der Waals surface area (Å²) in [5, 5.41) is 3.00. The van der Waals surface area contributed by atoms with Gasteiger partial charge in [-0.15, -0.1) is 0 Å². The van der Waals surface area contributed by atoms with E-state index in [4.69, 9.17) is 0 Å². The van der Waals surface area contributed by atoms with Crippen LogP contribution in [0.25, 0.3) is 0 Å². The molecule has 0 unspecified atom stereocenters. The van der Waals surface area contributed by atoms with Crippen LogP contribution in [-0.4, -0.2) is 34.4 Å². The van der Waals surface area contributed by atoms with Gasteiger partial charge in [0.05, 0.1) is 29.7 Å². The van der Waals surface area contributed by atoms with Crippen LogP contribution in [0.4, 0.5) is 5.69 Å². The van der Waals surface area contributed by atoms with Crippen LogP contribution in [0.2, 0.25) is 0 Å². The van der Waals surface area contributed by atoms with Crippen molar-refractivity contribution >= 4 is 11.6 Å². The van der Waals surface area contributed by atoms with Crippen LogP contribution in [0.5, 0.6) is 0 Å². The van der Waals surface area contributed by atoms with Crippen LogP contribution in [0, 0.1) is 6.92 Å². The Labute approximate surface area is 125 Å². The van der Waals surface area contributed by atoms with Gasteiger partial charge in [0.25, 0.3) is 5.91 Å². The van der Waals surface area contributed by atoms with Gasteiger partial charge < -0.3 is 10.2 Å². The molecule has 21 heavy (non-hydrogen) atoms. The first-order chi connectivity index (χ1) is 10.2. The maximum absolute atomic E-state index is 12.7. The van der Waals surface area contributed by atoms with Gasteiger partial charge in [-0.25, -0.2) is 0 Å². The van der Waals surface area contributed by atoms with Crippen molar-refractivity contribution in [2.75, 3.05) is 18.9 Å². The molecule has 0 aliphatic heterocycles. The molecule has 2 aromatic rings. The molecule has 0 saturated carbocycles. The number of pyridine rings is 2. The van der Waals surface area contributed by atoms with Gasteiger partial charge >= 0.3 is 0 Å². The number of hydrogen-bond donors (Lipinski definition) is 1. The van der Waals surface area contributed by atoms with Gasteiger partial charge in [0.1, 0.15) is 0 Å².